The number of benzene rings is 2. The van der Waals surface area contributed by atoms with E-state index in [1.807, 2.05) is 25.1 Å². The number of carbonyl (C=O) groups is 1. The first-order valence-corrected chi connectivity index (χ1v) is 11.4. The molecule has 4 nitrogen and oxygen atoms in total. The fraction of sp³-hybridized carbons (Fsp3) is 0.500. The second-order valence-electron chi connectivity index (χ2n) is 9.91. The van der Waals surface area contributed by atoms with Crippen molar-refractivity contribution in [2.45, 2.75) is 68.9 Å². The average Bonchev–Trinajstić information content (AvgIpc) is 2.84. The number of nitrogens with one attached hydrogen (secondary N) is 1. The van der Waals surface area contributed by atoms with E-state index in [1.165, 1.54) is 17.7 Å². The summed E-state index contributed by atoms with van der Waals surface area (Å²) in [5, 5.41) is 14.1. The topological polar surface area (TPSA) is 58.6 Å². The average molecular weight is 462 g/mol. The number of ether oxygens (including phenoxy) is 1. The minimum absolute atomic E-state index is 0.156. The molecule has 2 aromatic carbocycles. The number of rotatable bonds is 4. The third-order valence-electron chi connectivity index (χ3n) is 7.20. The van der Waals surface area contributed by atoms with Crippen LogP contribution in [0, 0.1) is 5.92 Å². The zero-order valence-corrected chi connectivity index (χ0v) is 18.9. The summed E-state index contributed by atoms with van der Waals surface area (Å²) in [5.74, 6) is -0.405. The SMILES string of the molecule is C[C@]12CC[C@@H](CNC(=O)c3ccc(C(F)(F)F)cc3)[C@H](O)[C@](C)(C[C@@H](c3ccccc3)C1)O2. The van der Waals surface area contributed by atoms with Crippen LogP contribution in [0.3, 0.4) is 0 Å². The number of alkyl halides is 3. The highest BCUT2D eigenvalue weighted by Crippen LogP contribution is 2.50. The smallest absolute Gasteiger partial charge is 0.390 e. The van der Waals surface area contributed by atoms with Gasteiger partial charge in [-0.15, -0.1) is 0 Å². The predicted octanol–water partition coefficient (Wildman–Crippen LogP) is 5.32. The lowest BCUT2D eigenvalue weighted by Gasteiger charge is -2.49. The van der Waals surface area contributed by atoms with E-state index in [2.05, 4.69) is 24.4 Å². The van der Waals surface area contributed by atoms with Crippen molar-refractivity contribution >= 4 is 5.91 Å². The number of aliphatic hydroxyl groups excluding tert-OH is 1. The van der Waals surface area contributed by atoms with Gasteiger partial charge in [0.1, 0.15) is 0 Å². The lowest BCUT2D eigenvalue weighted by Crippen LogP contribution is -2.54. The van der Waals surface area contributed by atoms with Crippen LogP contribution in [0.5, 0.6) is 0 Å². The first-order valence-electron chi connectivity index (χ1n) is 11.4. The first-order chi connectivity index (χ1) is 15.5. The van der Waals surface area contributed by atoms with Gasteiger partial charge in [-0.2, -0.15) is 13.2 Å². The number of halogens is 3. The van der Waals surface area contributed by atoms with Crippen molar-refractivity contribution in [2.24, 2.45) is 5.92 Å². The fourth-order valence-electron chi connectivity index (χ4n) is 5.52. The van der Waals surface area contributed by atoms with Gasteiger partial charge in [0.25, 0.3) is 5.91 Å². The largest absolute Gasteiger partial charge is 0.416 e. The number of amides is 1. The molecule has 2 heterocycles. The summed E-state index contributed by atoms with van der Waals surface area (Å²) in [4.78, 5) is 12.5. The lowest BCUT2D eigenvalue weighted by atomic mass is 9.74. The monoisotopic (exact) mass is 461 g/mol. The van der Waals surface area contributed by atoms with Gasteiger partial charge in [-0.3, -0.25) is 4.79 Å². The van der Waals surface area contributed by atoms with Gasteiger partial charge >= 0.3 is 6.18 Å². The van der Waals surface area contributed by atoms with E-state index in [9.17, 15) is 23.1 Å². The molecule has 2 N–H and O–H groups in total. The molecule has 1 amide bonds. The molecule has 0 spiro atoms. The molecule has 5 atom stereocenters. The van der Waals surface area contributed by atoms with Crippen molar-refractivity contribution in [3.63, 3.8) is 0 Å². The van der Waals surface area contributed by atoms with Crippen molar-refractivity contribution < 1.29 is 27.8 Å². The molecule has 2 bridgehead atoms. The summed E-state index contributed by atoms with van der Waals surface area (Å²) < 4.78 is 44.8. The molecule has 178 valence electrons. The Morgan fingerprint density at radius 3 is 2.39 bits per heavy atom. The summed E-state index contributed by atoms with van der Waals surface area (Å²) in [7, 11) is 0. The summed E-state index contributed by atoms with van der Waals surface area (Å²) in [6.45, 7) is 4.27. The number of carbonyl (C=O) groups excluding carboxylic acids is 1. The zero-order valence-electron chi connectivity index (χ0n) is 18.9. The highest BCUT2D eigenvalue weighted by atomic mass is 19.4. The Morgan fingerprint density at radius 2 is 1.76 bits per heavy atom. The van der Waals surface area contributed by atoms with Gasteiger partial charge < -0.3 is 15.2 Å². The van der Waals surface area contributed by atoms with Gasteiger partial charge in [0.15, 0.2) is 0 Å². The molecule has 0 aromatic heterocycles. The highest BCUT2D eigenvalue weighted by molar-refractivity contribution is 5.94. The molecule has 0 radical (unpaired) electrons. The minimum Gasteiger partial charge on any atom is -0.390 e. The van der Waals surface area contributed by atoms with E-state index < -0.39 is 29.4 Å². The van der Waals surface area contributed by atoms with Crippen LogP contribution in [-0.2, 0) is 10.9 Å². The van der Waals surface area contributed by atoms with Crippen LogP contribution in [0.15, 0.2) is 54.6 Å². The molecule has 2 aliphatic rings. The molecule has 33 heavy (non-hydrogen) atoms. The maximum absolute atomic E-state index is 12.8. The summed E-state index contributed by atoms with van der Waals surface area (Å²) in [5.41, 5.74) is -0.534. The maximum atomic E-state index is 12.8. The second kappa shape index (κ2) is 8.76. The Balaban J connectivity index is 1.45. The van der Waals surface area contributed by atoms with Crippen molar-refractivity contribution in [1.29, 1.82) is 0 Å². The molecule has 2 aliphatic heterocycles. The van der Waals surface area contributed by atoms with Gasteiger partial charge in [0.2, 0.25) is 0 Å². The van der Waals surface area contributed by atoms with E-state index in [-0.39, 0.29) is 29.5 Å². The Morgan fingerprint density at radius 1 is 1.09 bits per heavy atom. The molecule has 2 saturated heterocycles. The van der Waals surface area contributed by atoms with Crippen molar-refractivity contribution in [3.05, 3.63) is 71.3 Å². The van der Waals surface area contributed by atoms with Crippen molar-refractivity contribution in [2.75, 3.05) is 6.54 Å². The van der Waals surface area contributed by atoms with Crippen LogP contribution in [0.25, 0.3) is 0 Å². The van der Waals surface area contributed by atoms with E-state index in [4.69, 9.17) is 4.74 Å². The lowest BCUT2D eigenvalue weighted by molar-refractivity contribution is -0.215. The van der Waals surface area contributed by atoms with Gasteiger partial charge in [-0.05, 0) is 75.3 Å². The summed E-state index contributed by atoms with van der Waals surface area (Å²) >= 11 is 0. The molecular weight excluding hydrogens is 431 g/mol. The second-order valence-corrected chi connectivity index (χ2v) is 9.91. The quantitative estimate of drug-likeness (QED) is 0.648. The molecule has 2 fully saturated rings. The third kappa shape index (κ3) is 5.09. The predicted molar refractivity (Wildman–Crippen MR) is 119 cm³/mol. The zero-order chi connectivity index (χ0) is 23.9. The number of aliphatic hydroxyl groups is 1. The van der Waals surface area contributed by atoms with Crippen LogP contribution in [0.1, 0.15) is 66.9 Å². The molecule has 7 heteroatoms. The van der Waals surface area contributed by atoms with Gasteiger partial charge in [0.05, 0.1) is 22.9 Å². The van der Waals surface area contributed by atoms with Crippen molar-refractivity contribution in [1.82, 2.24) is 5.32 Å². The highest BCUT2D eigenvalue weighted by Gasteiger charge is 2.52. The minimum atomic E-state index is -4.44. The molecular formula is C26H30F3NO3. The van der Waals surface area contributed by atoms with Crippen LogP contribution >= 0.6 is 0 Å². The Kier molecular flexibility index (Phi) is 6.31. The summed E-state index contributed by atoms with van der Waals surface area (Å²) in [6, 6.07) is 14.4. The van der Waals surface area contributed by atoms with Crippen LogP contribution < -0.4 is 5.32 Å². The van der Waals surface area contributed by atoms with E-state index in [0.717, 1.165) is 25.0 Å². The molecule has 0 unspecified atom stereocenters. The third-order valence-corrected chi connectivity index (χ3v) is 7.20. The van der Waals surface area contributed by atoms with Gasteiger partial charge in [0, 0.05) is 18.0 Å². The standard InChI is InChI=1S/C26H30F3NO3/c1-24-13-12-19(16-30-23(32)18-8-10-21(11-9-18)26(27,28)29)22(31)25(2,33-24)15-20(14-24)17-6-4-3-5-7-17/h3-11,19-20,22,31H,12-16H2,1-2H3,(H,30,32)/t19-,20-,22-,24-,25-/m0/s1. The summed E-state index contributed by atoms with van der Waals surface area (Å²) in [6.07, 6.45) is -2.24. The Hall–Kier alpha value is -2.38. The van der Waals surface area contributed by atoms with Crippen LogP contribution in [0.4, 0.5) is 13.2 Å². The van der Waals surface area contributed by atoms with Crippen LogP contribution in [-0.4, -0.2) is 34.9 Å². The van der Waals surface area contributed by atoms with Gasteiger partial charge in [-0.25, -0.2) is 0 Å². The van der Waals surface area contributed by atoms with E-state index >= 15 is 0 Å². The fourth-order valence-corrected chi connectivity index (χ4v) is 5.52. The first kappa shape index (κ1) is 23.8. The molecule has 2 aromatic rings. The van der Waals surface area contributed by atoms with Crippen LogP contribution in [0.2, 0.25) is 0 Å². The van der Waals surface area contributed by atoms with Gasteiger partial charge in [-0.1, -0.05) is 30.3 Å². The molecule has 0 aliphatic carbocycles. The number of hydrogen-bond acceptors (Lipinski definition) is 3. The Bertz CT molecular complexity index is 979. The molecule has 4 rings (SSSR count). The van der Waals surface area contributed by atoms with E-state index in [1.54, 1.807) is 0 Å². The Labute approximate surface area is 192 Å². The maximum Gasteiger partial charge on any atom is 0.416 e. The van der Waals surface area contributed by atoms with Crippen molar-refractivity contribution in [3.8, 4) is 0 Å². The normalized spacial score (nSPS) is 32.1. The molecule has 0 saturated carbocycles. The number of hydrogen-bond donors (Lipinski definition) is 2. The van der Waals surface area contributed by atoms with E-state index in [0.29, 0.717) is 12.8 Å². The number of fused-ring (bicyclic) bond motifs is 2.